The molecule has 1 aliphatic carbocycles. The van der Waals surface area contributed by atoms with Crippen LogP contribution in [0.3, 0.4) is 0 Å². The van der Waals surface area contributed by atoms with Crippen LogP contribution in [0.5, 0.6) is 0 Å². The van der Waals surface area contributed by atoms with Crippen molar-refractivity contribution < 1.29 is 78.8 Å². The second kappa shape index (κ2) is 5.47. The predicted molar refractivity (Wildman–Crippen MR) is 49.5 cm³/mol. The molecular formula is C8HF15O3S. The largest absolute Gasteiger partial charge is 0.384 e. The molecule has 0 spiro atoms. The van der Waals surface area contributed by atoms with Crippen LogP contribution in [0.25, 0.3) is 0 Å². The molecule has 0 saturated heterocycles. The Labute approximate surface area is 137 Å². The topological polar surface area (TPSA) is 43.4 Å². The molecule has 0 aromatic heterocycles. The molecule has 0 atom stereocenters. The first-order valence-electron chi connectivity index (χ1n) is 5.60. The molecule has 0 radical (unpaired) electrons. The summed E-state index contributed by atoms with van der Waals surface area (Å²) in [6.45, 7) is 0. The number of halogens is 15. The van der Waals surface area contributed by atoms with Gasteiger partial charge in [-0.05, 0) is 4.53 Å². The van der Waals surface area contributed by atoms with Gasteiger partial charge in [0, 0.05) is 0 Å². The Kier molecular flexibility index (Phi) is 4.84. The zero-order valence-corrected chi connectivity index (χ0v) is 12.2. The van der Waals surface area contributed by atoms with E-state index in [2.05, 4.69) is 0 Å². The fourth-order valence-electron chi connectivity index (χ4n) is 2.33. The summed E-state index contributed by atoms with van der Waals surface area (Å²) in [7, 11) is -8.58. The average Bonchev–Trinajstić information content (AvgIpc) is 2.44. The molecule has 1 saturated carbocycles. The lowest BCUT2D eigenvalue weighted by Gasteiger charge is -2.55. The molecule has 0 aromatic rings. The Morgan fingerprint density at radius 3 is 1.15 bits per heavy atom. The van der Waals surface area contributed by atoms with E-state index in [9.17, 15) is 74.4 Å². The molecule has 0 aliphatic heterocycles. The van der Waals surface area contributed by atoms with E-state index < -0.39 is 56.8 Å². The molecule has 1 aliphatic rings. The van der Waals surface area contributed by atoms with Gasteiger partial charge in [0.15, 0.2) is 0 Å². The highest BCUT2D eigenvalue weighted by Crippen LogP contribution is 2.73. The monoisotopic (exact) mass is 462 g/mol. The molecule has 0 N–H and O–H groups in total. The second-order valence-electron chi connectivity index (χ2n) is 4.99. The van der Waals surface area contributed by atoms with Gasteiger partial charge in [-0.1, -0.05) is 4.39 Å². The van der Waals surface area contributed by atoms with Gasteiger partial charge in [-0.25, -0.2) is 8.78 Å². The summed E-state index contributed by atoms with van der Waals surface area (Å²) < 4.78 is 212. The molecule has 0 bridgehead atoms. The molecule has 0 unspecified atom stereocenters. The number of hydrogen-bond donors (Lipinski definition) is 0. The second-order valence-corrected chi connectivity index (χ2v) is 6.64. The van der Waals surface area contributed by atoms with Gasteiger partial charge in [0.1, 0.15) is 0 Å². The maximum Gasteiger partial charge on any atom is 0.384 e. The van der Waals surface area contributed by atoms with Crippen LogP contribution in [0.4, 0.5) is 66.0 Å². The number of rotatable bonds is 4. The predicted octanol–water partition coefficient (Wildman–Crippen LogP) is 4.05. The smallest absolute Gasteiger partial charge is 0.204 e. The Morgan fingerprint density at radius 1 is 0.667 bits per heavy atom. The van der Waals surface area contributed by atoms with Crippen molar-refractivity contribution in [1.82, 2.24) is 0 Å². The van der Waals surface area contributed by atoms with Crippen molar-refractivity contribution in [2.24, 2.45) is 0 Å². The maximum absolute atomic E-state index is 13.7. The van der Waals surface area contributed by atoms with E-state index in [-0.39, 0.29) is 0 Å². The van der Waals surface area contributed by atoms with Crippen molar-refractivity contribution in [3.8, 4) is 0 Å². The summed E-state index contributed by atoms with van der Waals surface area (Å²) in [6, 6.07) is 0. The highest BCUT2D eigenvalue weighted by molar-refractivity contribution is 7.88. The highest BCUT2D eigenvalue weighted by atomic mass is 32.2. The average molecular weight is 462 g/mol. The van der Waals surface area contributed by atoms with Crippen LogP contribution in [0.2, 0.25) is 0 Å². The van der Waals surface area contributed by atoms with Crippen LogP contribution in [0.15, 0.2) is 0 Å². The first-order valence-corrected chi connectivity index (χ1v) is 7.01. The minimum absolute atomic E-state index is 1.23. The van der Waals surface area contributed by atoms with Crippen molar-refractivity contribution in [1.29, 1.82) is 0 Å². The molecule has 0 heterocycles. The van der Waals surface area contributed by atoms with Crippen LogP contribution >= 0.6 is 0 Å². The summed E-state index contributed by atoms with van der Waals surface area (Å²) in [5, 5.41) is 0. The third-order valence-corrected chi connectivity index (χ3v) is 5.36. The first-order chi connectivity index (χ1) is 11.5. The minimum atomic E-state index is -8.58. The lowest BCUT2D eigenvalue weighted by atomic mass is 9.70. The van der Waals surface area contributed by atoms with Gasteiger partial charge in [-0.3, -0.25) is 0 Å². The fourth-order valence-corrected chi connectivity index (χ4v) is 3.73. The van der Waals surface area contributed by atoms with Gasteiger partial charge in [0.05, 0.1) is 0 Å². The molecular weight excluding hydrogens is 461 g/mol. The summed E-state index contributed by atoms with van der Waals surface area (Å²) >= 11 is 0. The van der Waals surface area contributed by atoms with E-state index in [1.165, 1.54) is 4.39 Å². The zero-order valence-electron chi connectivity index (χ0n) is 11.4. The molecule has 1 fully saturated rings. The molecule has 162 valence electrons. The van der Waals surface area contributed by atoms with Crippen LogP contribution in [-0.4, -0.2) is 55.1 Å². The fraction of sp³-hybridized carbons (Fsp3) is 1.00. The molecule has 0 amide bonds. The van der Waals surface area contributed by atoms with Crippen molar-refractivity contribution in [2.75, 3.05) is 0 Å². The SMILES string of the molecule is O=S(=O)(OF)C1(C(F)(F)C(F)F)C(F)(F)C(F)(F)C(F)(F)C(F)(F)C1(F)F. The quantitative estimate of drug-likeness (QED) is 0.593. The Hall–Kier alpha value is -1.14. The van der Waals surface area contributed by atoms with Gasteiger partial charge < -0.3 is 0 Å². The van der Waals surface area contributed by atoms with E-state index >= 15 is 0 Å². The van der Waals surface area contributed by atoms with Crippen molar-refractivity contribution >= 4 is 10.1 Å². The van der Waals surface area contributed by atoms with Gasteiger partial charge >= 0.3 is 56.8 Å². The Bertz CT molecular complexity index is 681. The highest BCUT2D eigenvalue weighted by Gasteiger charge is 3.08. The third-order valence-electron chi connectivity index (χ3n) is 3.66. The Morgan fingerprint density at radius 2 is 0.926 bits per heavy atom. The summed E-state index contributed by atoms with van der Waals surface area (Å²) in [5.41, 5.74) is 0. The molecule has 0 aromatic carbocycles. The first kappa shape index (κ1) is 23.9. The van der Waals surface area contributed by atoms with E-state index in [1.807, 2.05) is 0 Å². The van der Waals surface area contributed by atoms with Crippen LogP contribution in [0, 0.1) is 0 Å². The van der Waals surface area contributed by atoms with Gasteiger partial charge in [-0.15, -0.1) is 0 Å². The van der Waals surface area contributed by atoms with E-state index in [1.54, 1.807) is 0 Å². The lowest BCUT2D eigenvalue weighted by molar-refractivity contribution is -0.475. The molecule has 27 heavy (non-hydrogen) atoms. The van der Waals surface area contributed by atoms with E-state index in [4.69, 9.17) is 0 Å². The van der Waals surface area contributed by atoms with Crippen LogP contribution in [-0.2, 0) is 14.5 Å². The molecule has 19 heteroatoms. The Balaban J connectivity index is 4.44. The zero-order chi connectivity index (χ0) is 22.3. The van der Waals surface area contributed by atoms with Gasteiger partial charge in [0.2, 0.25) is 0 Å². The maximum atomic E-state index is 13.7. The molecule has 3 nitrogen and oxygen atoms in total. The van der Waals surface area contributed by atoms with Crippen LogP contribution < -0.4 is 0 Å². The summed E-state index contributed by atoms with van der Waals surface area (Å²) in [4.78, 5) is 0. The van der Waals surface area contributed by atoms with Crippen molar-refractivity contribution in [3.63, 3.8) is 0 Å². The lowest BCUT2D eigenvalue weighted by Crippen LogP contribution is -2.91. The normalized spacial score (nSPS) is 28.1. The minimum Gasteiger partial charge on any atom is -0.204 e. The molecule has 1 rings (SSSR count). The van der Waals surface area contributed by atoms with E-state index in [0.717, 1.165) is 0 Å². The standard InChI is InChI=1S/C8HF15O3S/c9-1(10)2(11,12)3(27(24,25)26-23)4(13,14)6(17,18)8(21,22)7(19,20)5(3,15)16/h1H. The van der Waals surface area contributed by atoms with Gasteiger partial charge in [-0.2, -0.15) is 61.1 Å². The number of alkyl halides is 14. The number of hydrogen-bond acceptors (Lipinski definition) is 3. The van der Waals surface area contributed by atoms with Crippen molar-refractivity contribution in [3.05, 3.63) is 0 Å². The summed E-state index contributed by atoms with van der Waals surface area (Å²) in [6.07, 6.45) is -6.21. The van der Waals surface area contributed by atoms with Gasteiger partial charge in [0.25, 0.3) is 0 Å². The third kappa shape index (κ3) is 2.04. The summed E-state index contributed by atoms with van der Waals surface area (Å²) in [5.74, 6) is -48.8. The van der Waals surface area contributed by atoms with Crippen LogP contribution in [0.1, 0.15) is 0 Å². The van der Waals surface area contributed by atoms with E-state index in [0.29, 0.717) is 0 Å². The van der Waals surface area contributed by atoms with Crippen molar-refractivity contribution in [2.45, 2.75) is 46.7 Å².